The van der Waals surface area contributed by atoms with Gasteiger partial charge in [-0.1, -0.05) is 0 Å². The molecule has 1 saturated carbocycles. The molecule has 2 heterocycles. The number of aromatic amines is 1. The molecule has 0 spiro atoms. The first-order valence-electron chi connectivity index (χ1n) is 6.91. The van der Waals surface area contributed by atoms with Crippen LogP contribution in [0.4, 0.5) is 5.82 Å². The third-order valence-electron chi connectivity index (χ3n) is 4.05. The van der Waals surface area contributed by atoms with Crippen LogP contribution in [0.15, 0.2) is 15.7 Å². The van der Waals surface area contributed by atoms with Crippen LogP contribution in [0.5, 0.6) is 0 Å². The van der Waals surface area contributed by atoms with E-state index < -0.39 is 0 Å². The molecule has 1 N–H and O–H groups in total. The number of rotatable bonds is 3. The minimum atomic E-state index is -0.345. The number of anilines is 1. The topological polar surface area (TPSA) is 61.3 Å². The van der Waals surface area contributed by atoms with Crippen molar-refractivity contribution in [2.24, 2.45) is 13.0 Å². The van der Waals surface area contributed by atoms with Gasteiger partial charge in [0.1, 0.15) is 5.82 Å². The number of nitrogens with zero attached hydrogens (tertiary/aromatic N) is 3. The lowest BCUT2D eigenvalue weighted by Gasteiger charge is -2.36. The molecule has 3 rings (SSSR count). The molecule has 2 fully saturated rings. The summed E-state index contributed by atoms with van der Waals surface area (Å²) in [5, 5.41) is 0. The summed E-state index contributed by atoms with van der Waals surface area (Å²) in [6.45, 7) is 4.99. The normalized spacial score (nSPS) is 20.8. The number of hydrogen-bond acceptors (Lipinski definition) is 4. The second kappa shape index (κ2) is 4.85. The van der Waals surface area contributed by atoms with Crippen molar-refractivity contribution in [1.29, 1.82) is 0 Å². The third kappa shape index (κ3) is 2.73. The fraction of sp³-hybridized carbons (Fsp3) is 0.692. The summed E-state index contributed by atoms with van der Waals surface area (Å²) in [7, 11) is 1.70. The quantitative estimate of drug-likeness (QED) is 0.807. The SMILES string of the molecule is Cn1c(N2CCN(CC3CC3)CC2)cc(=O)[nH]c1=O. The highest BCUT2D eigenvalue weighted by Crippen LogP contribution is 2.30. The monoisotopic (exact) mass is 264 g/mol. The Morgan fingerprint density at radius 1 is 1.21 bits per heavy atom. The van der Waals surface area contributed by atoms with E-state index in [2.05, 4.69) is 14.8 Å². The summed E-state index contributed by atoms with van der Waals surface area (Å²) in [5.41, 5.74) is -0.665. The summed E-state index contributed by atoms with van der Waals surface area (Å²) < 4.78 is 1.51. The average Bonchev–Trinajstić information content (AvgIpc) is 3.19. The number of nitrogens with one attached hydrogen (secondary N) is 1. The van der Waals surface area contributed by atoms with E-state index in [-0.39, 0.29) is 11.2 Å². The Morgan fingerprint density at radius 2 is 1.89 bits per heavy atom. The van der Waals surface area contributed by atoms with Crippen molar-refractivity contribution in [2.75, 3.05) is 37.6 Å². The van der Waals surface area contributed by atoms with E-state index in [1.54, 1.807) is 7.05 Å². The van der Waals surface area contributed by atoms with Crippen molar-refractivity contribution in [3.8, 4) is 0 Å². The van der Waals surface area contributed by atoms with Crippen LogP contribution in [0, 0.1) is 5.92 Å². The first kappa shape index (κ1) is 12.5. The van der Waals surface area contributed by atoms with Crippen LogP contribution in [0.25, 0.3) is 0 Å². The number of piperazine rings is 1. The van der Waals surface area contributed by atoms with E-state index in [9.17, 15) is 9.59 Å². The van der Waals surface area contributed by atoms with Crippen LogP contribution in [-0.2, 0) is 7.05 Å². The molecule has 6 heteroatoms. The summed E-state index contributed by atoms with van der Waals surface area (Å²) in [4.78, 5) is 29.9. The average molecular weight is 264 g/mol. The molecular weight excluding hydrogens is 244 g/mol. The lowest BCUT2D eigenvalue weighted by atomic mass is 10.2. The summed E-state index contributed by atoms with van der Waals surface area (Å²) >= 11 is 0. The Labute approximate surface area is 111 Å². The first-order valence-corrected chi connectivity index (χ1v) is 6.91. The molecule has 104 valence electrons. The number of aromatic nitrogens is 2. The van der Waals surface area contributed by atoms with Gasteiger partial charge in [0, 0.05) is 45.8 Å². The van der Waals surface area contributed by atoms with E-state index in [4.69, 9.17) is 0 Å². The second-order valence-corrected chi connectivity index (χ2v) is 5.59. The van der Waals surface area contributed by atoms with Crippen molar-refractivity contribution in [2.45, 2.75) is 12.8 Å². The highest BCUT2D eigenvalue weighted by molar-refractivity contribution is 5.38. The molecular formula is C13H20N4O2. The third-order valence-corrected chi connectivity index (χ3v) is 4.05. The minimum absolute atomic E-state index is 0.321. The summed E-state index contributed by atoms with van der Waals surface area (Å²) in [6.07, 6.45) is 2.76. The Bertz CT molecular complexity index is 565. The van der Waals surface area contributed by atoms with Gasteiger partial charge in [-0.3, -0.25) is 19.2 Å². The standard InChI is InChI=1S/C13H20N4O2/c1-15-12(8-11(18)14-13(15)19)17-6-4-16(5-7-17)9-10-2-3-10/h8,10H,2-7,9H2,1H3,(H,14,18,19). The van der Waals surface area contributed by atoms with E-state index in [1.165, 1.54) is 30.0 Å². The Balaban J connectivity index is 1.70. The van der Waals surface area contributed by atoms with Crippen molar-refractivity contribution in [1.82, 2.24) is 14.5 Å². The Hall–Kier alpha value is -1.56. The van der Waals surface area contributed by atoms with Gasteiger partial charge in [-0.15, -0.1) is 0 Å². The molecule has 1 saturated heterocycles. The van der Waals surface area contributed by atoms with Gasteiger partial charge in [0.25, 0.3) is 5.56 Å². The zero-order valence-corrected chi connectivity index (χ0v) is 11.3. The van der Waals surface area contributed by atoms with Crippen LogP contribution >= 0.6 is 0 Å². The van der Waals surface area contributed by atoms with Gasteiger partial charge in [0.2, 0.25) is 0 Å². The molecule has 0 unspecified atom stereocenters. The van der Waals surface area contributed by atoms with Gasteiger partial charge in [0.05, 0.1) is 0 Å². The van der Waals surface area contributed by atoms with Gasteiger partial charge in [-0.25, -0.2) is 4.79 Å². The van der Waals surface area contributed by atoms with Gasteiger partial charge in [0.15, 0.2) is 0 Å². The molecule has 0 bridgehead atoms. The molecule has 0 aromatic carbocycles. The molecule has 1 aromatic heterocycles. The molecule has 1 aliphatic heterocycles. The van der Waals surface area contributed by atoms with Crippen LogP contribution < -0.4 is 16.1 Å². The van der Waals surface area contributed by atoms with Crippen LogP contribution in [0.1, 0.15) is 12.8 Å². The predicted molar refractivity (Wildman–Crippen MR) is 73.7 cm³/mol. The van der Waals surface area contributed by atoms with E-state index >= 15 is 0 Å². The van der Waals surface area contributed by atoms with Gasteiger partial charge >= 0.3 is 5.69 Å². The highest BCUT2D eigenvalue weighted by Gasteiger charge is 2.26. The fourth-order valence-corrected chi connectivity index (χ4v) is 2.67. The lowest BCUT2D eigenvalue weighted by molar-refractivity contribution is 0.247. The van der Waals surface area contributed by atoms with Gasteiger partial charge < -0.3 is 4.90 Å². The summed E-state index contributed by atoms with van der Waals surface area (Å²) in [5.74, 6) is 1.63. The van der Waals surface area contributed by atoms with E-state index in [0.717, 1.165) is 37.9 Å². The van der Waals surface area contributed by atoms with Crippen molar-refractivity contribution in [3.63, 3.8) is 0 Å². The Kier molecular flexibility index (Phi) is 3.18. The highest BCUT2D eigenvalue weighted by atomic mass is 16.2. The van der Waals surface area contributed by atoms with Crippen LogP contribution in [-0.4, -0.2) is 47.2 Å². The molecule has 0 amide bonds. The smallest absolute Gasteiger partial charge is 0.329 e. The molecule has 2 aliphatic rings. The molecule has 0 atom stereocenters. The zero-order valence-electron chi connectivity index (χ0n) is 11.3. The predicted octanol–water partition coefficient (Wildman–Crippen LogP) is -0.394. The maximum Gasteiger partial charge on any atom is 0.329 e. The van der Waals surface area contributed by atoms with Crippen molar-refractivity contribution < 1.29 is 0 Å². The van der Waals surface area contributed by atoms with Crippen molar-refractivity contribution >= 4 is 5.82 Å². The second-order valence-electron chi connectivity index (χ2n) is 5.59. The Morgan fingerprint density at radius 3 is 2.53 bits per heavy atom. The maximum absolute atomic E-state index is 11.6. The van der Waals surface area contributed by atoms with Crippen LogP contribution in [0.2, 0.25) is 0 Å². The zero-order chi connectivity index (χ0) is 13.4. The van der Waals surface area contributed by atoms with Crippen molar-refractivity contribution in [3.05, 3.63) is 26.9 Å². The molecule has 1 aromatic rings. The minimum Gasteiger partial charge on any atom is -0.355 e. The largest absolute Gasteiger partial charge is 0.355 e. The molecule has 1 aliphatic carbocycles. The number of hydrogen-bond donors (Lipinski definition) is 1. The van der Waals surface area contributed by atoms with Crippen LogP contribution in [0.3, 0.4) is 0 Å². The number of H-pyrrole nitrogens is 1. The molecule has 19 heavy (non-hydrogen) atoms. The van der Waals surface area contributed by atoms with E-state index in [1.807, 2.05) is 0 Å². The van der Waals surface area contributed by atoms with Gasteiger partial charge in [-0.2, -0.15) is 0 Å². The summed E-state index contributed by atoms with van der Waals surface area (Å²) in [6, 6.07) is 1.51. The first-order chi connectivity index (χ1) is 9.13. The molecule has 6 nitrogen and oxygen atoms in total. The molecule has 0 radical (unpaired) electrons. The van der Waals surface area contributed by atoms with Gasteiger partial charge in [-0.05, 0) is 18.8 Å². The fourth-order valence-electron chi connectivity index (χ4n) is 2.67. The maximum atomic E-state index is 11.6. The van der Waals surface area contributed by atoms with E-state index in [0.29, 0.717) is 0 Å². The lowest BCUT2D eigenvalue weighted by Crippen LogP contribution is -2.49.